The molecule has 0 fully saturated rings. The zero-order chi connectivity index (χ0) is 18.4. The molecule has 2 aromatic rings. The highest BCUT2D eigenvalue weighted by Crippen LogP contribution is 2.22. The number of anilines is 1. The molecular weight excluding hydrogens is 427 g/mol. The summed E-state index contributed by atoms with van der Waals surface area (Å²) < 4.78 is 0.983. The van der Waals surface area contributed by atoms with Gasteiger partial charge in [-0.25, -0.2) is 0 Å². The van der Waals surface area contributed by atoms with Gasteiger partial charge >= 0.3 is 0 Å². The van der Waals surface area contributed by atoms with Crippen LogP contribution in [0.25, 0.3) is 0 Å². The summed E-state index contributed by atoms with van der Waals surface area (Å²) >= 11 is 2.17. The second-order valence-electron chi connectivity index (χ2n) is 6.86. The van der Waals surface area contributed by atoms with Crippen LogP contribution in [-0.4, -0.2) is 18.4 Å². The fraction of sp³-hybridized carbons (Fsp3) is 0.300. The molecule has 25 heavy (non-hydrogen) atoms. The summed E-state index contributed by atoms with van der Waals surface area (Å²) in [4.78, 5) is 24.1. The van der Waals surface area contributed by atoms with E-state index in [1.807, 2.05) is 48.5 Å². The minimum Gasteiger partial charge on any atom is -0.352 e. The predicted molar refractivity (Wildman–Crippen MR) is 110 cm³/mol. The molecule has 2 amide bonds. The number of para-hydroxylation sites is 1. The van der Waals surface area contributed by atoms with E-state index in [0.717, 1.165) is 9.26 Å². The third-order valence-corrected chi connectivity index (χ3v) is 4.74. The predicted octanol–water partition coefficient (Wildman–Crippen LogP) is 4.35. The van der Waals surface area contributed by atoms with Gasteiger partial charge in [-0.15, -0.1) is 0 Å². The number of rotatable bonds is 5. The summed E-state index contributed by atoms with van der Waals surface area (Å²) in [5, 5.41) is 5.64. The van der Waals surface area contributed by atoms with Crippen LogP contribution < -0.4 is 10.6 Å². The van der Waals surface area contributed by atoms with Crippen molar-refractivity contribution in [3.63, 3.8) is 0 Å². The average molecular weight is 450 g/mol. The van der Waals surface area contributed by atoms with Gasteiger partial charge in [0.1, 0.15) is 0 Å². The molecule has 0 heterocycles. The molecule has 4 nitrogen and oxygen atoms in total. The molecule has 0 aliphatic carbocycles. The fourth-order valence-electron chi connectivity index (χ4n) is 2.29. The van der Waals surface area contributed by atoms with Crippen LogP contribution in [0.15, 0.2) is 48.5 Å². The van der Waals surface area contributed by atoms with Crippen molar-refractivity contribution in [2.75, 3.05) is 11.9 Å². The molecule has 0 aliphatic heterocycles. The van der Waals surface area contributed by atoms with E-state index in [9.17, 15) is 9.59 Å². The molecule has 0 radical (unpaired) electrons. The van der Waals surface area contributed by atoms with Crippen molar-refractivity contribution in [3.05, 3.63) is 63.2 Å². The number of amides is 2. The first kappa shape index (κ1) is 19.4. The monoisotopic (exact) mass is 450 g/mol. The number of benzene rings is 2. The summed E-state index contributed by atoms with van der Waals surface area (Å²) in [7, 11) is 0. The Kier molecular flexibility index (Phi) is 6.58. The molecule has 0 spiro atoms. The molecule has 0 bridgehead atoms. The van der Waals surface area contributed by atoms with Crippen LogP contribution in [0, 0.1) is 3.57 Å². The Bertz CT molecular complexity index is 749. The Hall–Kier alpha value is -1.89. The molecule has 0 aliphatic rings. The van der Waals surface area contributed by atoms with Crippen molar-refractivity contribution in [1.82, 2.24) is 5.32 Å². The molecule has 2 aromatic carbocycles. The first-order valence-electron chi connectivity index (χ1n) is 8.20. The summed E-state index contributed by atoms with van der Waals surface area (Å²) in [6.45, 7) is 6.70. The van der Waals surface area contributed by atoms with E-state index in [0.29, 0.717) is 12.1 Å². The third kappa shape index (κ3) is 5.85. The van der Waals surface area contributed by atoms with E-state index in [-0.39, 0.29) is 23.7 Å². The topological polar surface area (TPSA) is 58.2 Å². The SMILES string of the molecule is CC(C)(C)c1ccc(C(=O)NCCC(=O)Nc2ccccc2I)cc1. The summed E-state index contributed by atoms with van der Waals surface area (Å²) in [5.41, 5.74) is 2.63. The first-order chi connectivity index (χ1) is 11.8. The van der Waals surface area contributed by atoms with Crippen LogP contribution in [0.1, 0.15) is 43.1 Å². The van der Waals surface area contributed by atoms with Crippen LogP contribution in [0.5, 0.6) is 0 Å². The highest BCUT2D eigenvalue weighted by molar-refractivity contribution is 14.1. The maximum Gasteiger partial charge on any atom is 0.251 e. The maximum absolute atomic E-state index is 12.2. The third-order valence-electron chi connectivity index (χ3n) is 3.80. The van der Waals surface area contributed by atoms with Crippen molar-refractivity contribution in [2.24, 2.45) is 0 Å². The Morgan fingerprint density at radius 1 is 1.00 bits per heavy atom. The van der Waals surface area contributed by atoms with Crippen molar-refractivity contribution in [2.45, 2.75) is 32.6 Å². The fourth-order valence-corrected chi connectivity index (χ4v) is 2.81. The van der Waals surface area contributed by atoms with Gasteiger partial charge < -0.3 is 10.6 Å². The number of carbonyl (C=O) groups is 2. The van der Waals surface area contributed by atoms with Gasteiger partial charge in [0.05, 0.1) is 5.69 Å². The van der Waals surface area contributed by atoms with Gasteiger partial charge in [0.25, 0.3) is 5.91 Å². The highest BCUT2D eigenvalue weighted by Gasteiger charge is 2.14. The highest BCUT2D eigenvalue weighted by atomic mass is 127. The molecular formula is C20H23IN2O2. The number of hydrogen-bond donors (Lipinski definition) is 2. The molecule has 2 rings (SSSR count). The lowest BCUT2D eigenvalue weighted by Crippen LogP contribution is -2.27. The lowest BCUT2D eigenvalue weighted by Gasteiger charge is -2.19. The first-order valence-corrected chi connectivity index (χ1v) is 9.28. The van der Waals surface area contributed by atoms with E-state index in [1.54, 1.807) is 0 Å². The van der Waals surface area contributed by atoms with Crippen molar-refractivity contribution >= 4 is 40.1 Å². The number of hydrogen-bond acceptors (Lipinski definition) is 2. The van der Waals surface area contributed by atoms with E-state index in [1.165, 1.54) is 5.56 Å². The molecule has 0 atom stereocenters. The van der Waals surface area contributed by atoms with Gasteiger partial charge in [-0.05, 0) is 57.8 Å². The van der Waals surface area contributed by atoms with Gasteiger partial charge in [0.2, 0.25) is 5.91 Å². The van der Waals surface area contributed by atoms with Crippen LogP contribution in [-0.2, 0) is 10.2 Å². The molecule has 5 heteroatoms. The average Bonchev–Trinajstić information content (AvgIpc) is 2.56. The number of carbonyl (C=O) groups excluding carboxylic acids is 2. The second kappa shape index (κ2) is 8.47. The Balaban J connectivity index is 1.82. The van der Waals surface area contributed by atoms with Crippen molar-refractivity contribution in [1.29, 1.82) is 0 Å². The molecule has 132 valence electrons. The largest absolute Gasteiger partial charge is 0.352 e. The van der Waals surface area contributed by atoms with E-state index in [4.69, 9.17) is 0 Å². The van der Waals surface area contributed by atoms with Gasteiger partial charge in [-0.1, -0.05) is 45.0 Å². The summed E-state index contributed by atoms with van der Waals surface area (Å²) in [6, 6.07) is 15.2. The zero-order valence-corrected chi connectivity index (χ0v) is 16.9. The van der Waals surface area contributed by atoms with Crippen molar-refractivity contribution < 1.29 is 9.59 Å². The van der Waals surface area contributed by atoms with Crippen LogP contribution in [0.3, 0.4) is 0 Å². The van der Waals surface area contributed by atoms with Gasteiger partial charge in [0.15, 0.2) is 0 Å². The Morgan fingerprint density at radius 3 is 2.24 bits per heavy atom. The minimum absolute atomic E-state index is 0.0576. The zero-order valence-electron chi connectivity index (χ0n) is 14.7. The Labute approximate surface area is 162 Å². The summed E-state index contributed by atoms with van der Waals surface area (Å²) in [5.74, 6) is -0.282. The Morgan fingerprint density at radius 2 is 1.64 bits per heavy atom. The van der Waals surface area contributed by atoms with Crippen LogP contribution in [0.4, 0.5) is 5.69 Å². The van der Waals surface area contributed by atoms with Crippen LogP contribution in [0.2, 0.25) is 0 Å². The van der Waals surface area contributed by atoms with Gasteiger partial charge in [-0.2, -0.15) is 0 Å². The normalized spacial score (nSPS) is 11.0. The minimum atomic E-state index is -0.164. The molecule has 0 saturated heterocycles. The van der Waals surface area contributed by atoms with E-state index in [2.05, 4.69) is 54.0 Å². The van der Waals surface area contributed by atoms with Crippen molar-refractivity contribution in [3.8, 4) is 0 Å². The van der Waals surface area contributed by atoms with Gasteiger partial charge in [0, 0.05) is 22.1 Å². The van der Waals surface area contributed by atoms with Gasteiger partial charge in [-0.3, -0.25) is 9.59 Å². The molecule has 0 saturated carbocycles. The molecule has 0 unspecified atom stereocenters. The van der Waals surface area contributed by atoms with E-state index < -0.39 is 0 Å². The second-order valence-corrected chi connectivity index (χ2v) is 8.02. The van der Waals surface area contributed by atoms with Crippen LogP contribution >= 0.6 is 22.6 Å². The molecule has 0 aromatic heterocycles. The smallest absolute Gasteiger partial charge is 0.251 e. The number of halogens is 1. The standard InChI is InChI=1S/C20H23IN2O2/c1-20(2,3)15-10-8-14(9-11-15)19(25)22-13-12-18(24)23-17-7-5-4-6-16(17)21/h4-11H,12-13H2,1-3H3,(H,22,25)(H,23,24). The van der Waals surface area contributed by atoms with E-state index >= 15 is 0 Å². The quantitative estimate of drug-likeness (QED) is 0.666. The maximum atomic E-state index is 12.2. The lowest BCUT2D eigenvalue weighted by molar-refractivity contribution is -0.116. The summed E-state index contributed by atoms with van der Waals surface area (Å²) in [6.07, 6.45) is 0.233. The number of nitrogens with one attached hydrogen (secondary N) is 2. The lowest BCUT2D eigenvalue weighted by atomic mass is 9.87. The molecule has 2 N–H and O–H groups in total.